The number of benzene rings is 2. The summed E-state index contributed by atoms with van der Waals surface area (Å²) in [5, 5.41) is 13.3. The number of anilines is 2. The Bertz CT molecular complexity index is 1200. The zero-order valence-corrected chi connectivity index (χ0v) is 19.9. The Morgan fingerprint density at radius 2 is 1.91 bits per heavy atom. The smallest absolute Gasteiger partial charge is 0.345 e. The lowest BCUT2D eigenvalue weighted by Crippen LogP contribution is -2.46. The van der Waals surface area contributed by atoms with Crippen LogP contribution in [0.5, 0.6) is 5.75 Å². The quantitative estimate of drug-likeness (QED) is 0.464. The summed E-state index contributed by atoms with van der Waals surface area (Å²) in [6.07, 6.45) is 3.40. The molecule has 1 amide bonds. The van der Waals surface area contributed by atoms with Crippen molar-refractivity contribution in [3.8, 4) is 5.75 Å². The molecule has 2 N–H and O–H groups in total. The van der Waals surface area contributed by atoms with Crippen molar-refractivity contribution in [3.63, 3.8) is 0 Å². The van der Waals surface area contributed by atoms with Gasteiger partial charge in [0, 0.05) is 60.1 Å². The Hall–Kier alpha value is -3.10. The van der Waals surface area contributed by atoms with Gasteiger partial charge in [0.25, 0.3) is 0 Å². The molecule has 0 aliphatic carbocycles. The van der Waals surface area contributed by atoms with Gasteiger partial charge in [-0.2, -0.15) is 0 Å². The predicted octanol–water partition coefficient (Wildman–Crippen LogP) is 4.47. The van der Waals surface area contributed by atoms with Gasteiger partial charge in [0.1, 0.15) is 10.6 Å². The van der Waals surface area contributed by atoms with E-state index in [0.29, 0.717) is 17.9 Å². The summed E-state index contributed by atoms with van der Waals surface area (Å²) in [5.41, 5.74) is 3.18. The first-order valence-corrected chi connectivity index (χ1v) is 12.7. The zero-order valence-electron chi connectivity index (χ0n) is 19.1. The summed E-state index contributed by atoms with van der Waals surface area (Å²) < 4.78 is 6.94. The molecule has 0 atom stereocenters. The van der Waals surface area contributed by atoms with Crippen molar-refractivity contribution in [1.82, 2.24) is 4.90 Å². The lowest BCUT2D eigenvalue weighted by atomic mass is 10.0. The molecule has 1 aromatic heterocycles. The van der Waals surface area contributed by atoms with E-state index in [-0.39, 0.29) is 5.91 Å². The lowest BCUT2D eigenvalue weighted by Gasteiger charge is -2.36. The van der Waals surface area contributed by atoms with Crippen LogP contribution in [0.1, 0.15) is 34.5 Å². The van der Waals surface area contributed by atoms with Gasteiger partial charge in [-0.25, -0.2) is 4.79 Å². The van der Waals surface area contributed by atoms with E-state index in [2.05, 4.69) is 21.2 Å². The number of rotatable bonds is 8. The molecule has 8 heteroatoms. The highest BCUT2D eigenvalue weighted by Crippen LogP contribution is 2.34. The van der Waals surface area contributed by atoms with Gasteiger partial charge in [-0.3, -0.25) is 9.69 Å². The van der Waals surface area contributed by atoms with E-state index in [1.165, 1.54) is 16.9 Å². The Kier molecular flexibility index (Phi) is 6.69. The van der Waals surface area contributed by atoms with Crippen molar-refractivity contribution in [1.29, 1.82) is 0 Å². The van der Waals surface area contributed by atoms with Crippen LogP contribution < -0.4 is 15.0 Å². The number of aromatic carboxylic acids is 1. The largest absolute Gasteiger partial charge is 0.494 e. The molecular weight excluding hydrogens is 450 g/mol. The Balaban J connectivity index is 1.06. The van der Waals surface area contributed by atoms with Crippen molar-refractivity contribution in [2.24, 2.45) is 0 Å². The minimum absolute atomic E-state index is 0.0711. The number of nitrogens with one attached hydrogen (secondary N) is 1. The van der Waals surface area contributed by atoms with Gasteiger partial charge in [0.05, 0.1) is 6.61 Å². The van der Waals surface area contributed by atoms with Gasteiger partial charge >= 0.3 is 5.97 Å². The number of hydrogen-bond acceptors (Lipinski definition) is 6. The van der Waals surface area contributed by atoms with Crippen molar-refractivity contribution in [3.05, 3.63) is 52.9 Å². The first-order chi connectivity index (χ1) is 16.6. The van der Waals surface area contributed by atoms with Crippen LogP contribution in [-0.2, 0) is 11.2 Å². The normalized spacial score (nSPS) is 16.4. The van der Waals surface area contributed by atoms with E-state index in [9.17, 15) is 14.7 Å². The monoisotopic (exact) mass is 479 g/mol. The molecule has 2 aromatic carbocycles. The molecule has 178 valence electrons. The van der Waals surface area contributed by atoms with Crippen LogP contribution in [0, 0.1) is 0 Å². The molecule has 3 aromatic rings. The lowest BCUT2D eigenvalue weighted by molar-refractivity contribution is -0.116. The number of piperazine rings is 1. The van der Waals surface area contributed by atoms with Crippen LogP contribution in [0.4, 0.5) is 11.4 Å². The minimum Gasteiger partial charge on any atom is -0.494 e. The summed E-state index contributed by atoms with van der Waals surface area (Å²) in [7, 11) is 0. The van der Waals surface area contributed by atoms with E-state index in [0.717, 1.165) is 79.2 Å². The summed E-state index contributed by atoms with van der Waals surface area (Å²) in [6, 6.07) is 13.9. The number of unbranched alkanes of at least 4 members (excludes halogenated alkanes) is 1. The molecule has 0 spiro atoms. The molecule has 3 heterocycles. The van der Waals surface area contributed by atoms with Crippen LogP contribution in [-0.4, -0.2) is 61.2 Å². The number of amides is 1. The summed E-state index contributed by atoms with van der Waals surface area (Å²) in [5.74, 6) is 0.0179. The summed E-state index contributed by atoms with van der Waals surface area (Å²) in [4.78, 5) is 28.2. The fourth-order valence-electron chi connectivity index (χ4n) is 4.71. The van der Waals surface area contributed by atoms with Crippen molar-refractivity contribution >= 4 is 44.7 Å². The molecule has 1 saturated heterocycles. The summed E-state index contributed by atoms with van der Waals surface area (Å²) >= 11 is 1.34. The van der Waals surface area contributed by atoms with Gasteiger partial charge in [-0.15, -0.1) is 11.3 Å². The van der Waals surface area contributed by atoms with Crippen LogP contribution >= 0.6 is 11.3 Å². The van der Waals surface area contributed by atoms with E-state index in [1.54, 1.807) is 6.07 Å². The van der Waals surface area contributed by atoms with Gasteiger partial charge < -0.3 is 20.1 Å². The molecule has 2 aliphatic rings. The first-order valence-electron chi connectivity index (χ1n) is 11.9. The van der Waals surface area contributed by atoms with Gasteiger partial charge in [0.15, 0.2) is 0 Å². The van der Waals surface area contributed by atoms with E-state index < -0.39 is 5.97 Å². The van der Waals surface area contributed by atoms with Crippen molar-refractivity contribution in [2.75, 3.05) is 49.5 Å². The highest BCUT2D eigenvalue weighted by atomic mass is 32.1. The number of fused-ring (bicyclic) bond motifs is 2. The van der Waals surface area contributed by atoms with Crippen LogP contribution in [0.3, 0.4) is 0 Å². The fourth-order valence-corrected chi connectivity index (χ4v) is 5.63. The standard InChI is InChI=1S/C26H29N3O4S/c30-25-9-7-18-6-8-19(16-21(18)27-25)33-15-2-1-10-28-11-13-29(14-12-28)22-4-3-5-23-20(22)17-24(34-23)26(31)32/h3-6,8,16-17H,1-2,7,9-15H2,(H,27,30)(H,31,32). The average Bonchev–Trinajstić information content (AvgIpc) is 3.29. The second-order valence-corrected chi connectivity index (χ2v) is 9.94. The number of carboxylic acids is 1. The number of aryl methyl sites for hydroxylation is 1. The maximum Gasteiger partial charge on any atom is 0.345 e. The van der Waals surface area contributed by atoms with Crippen molar-refractivity contribution < 1.29 is 19.4 Å². The predicted molar refractivity (Wildman–Crippen MR) is 136 cm³/mol. The number of carboxylic acid groups (broad SMARTS) is 1. The molecule has 2 aliphatic heterocycles. The molecular formula is C26H29N3O4S. The second-order valence-electron chi connectivity index (χ2n) is 8.86. The average molecular weight is 480 g/mol. The number of nitrogens with zero attached hydrogens (tertiary/aromatic N) is 2. The van der Waals surface area contributed by atoms with Crippen LogP contribution in [0.15, 0.2) is 42.5 Å². The molecule has 7 nitrogen and oxygen atoms in total. The fraction of sp³-hybridized carbons (Fsp3) is 0.385. The molecule has 1 fully saturated rings. The van der Waals surface area contributed by atoms with E-state index >= 15 is 0 Å². The number of carbonyl (C=O) groups is 2. The summed E-state index contributed by atoms with van der Waals surface area (Å²) in [6.45, 7) is 5.58. The van der Waals surface area contributed by atoms with Crippen molar-refractivity contribution in [2.45, 2.75) is 25.7 Å². The van der Waals surface area contributed by atoms with E-state index in [1.807, 2.05) is 30.3 Å². The van der Waals surface area contributed by atoms with Crippen LogP contribution in [0.2, 0.25) is 0 Å². The zero-order chi connectivity index (χ0) is 23.5. The molecule has 34 heavy (non-hydrogen) atoms. The molecule has 0 bridgehead atoms. The maximum atomic E-state index is 11.6. The molecule has 0 saturated carbocycles. The Morgan fingerprint density at radius 1 is 1.06 bits per heavy atom. The molecule has 0 unspecified atom stereocenters. The van der Waals surface area contributed by atoms with E-state index in [4.69, 9.17) is 4.74 Å². The SMILES string of the molecule is O=C1CCc2ccc(OCCCCN3CCN(c4cccc5sc(C(=O)O)cc45)CC3)cc2N1. The molecule has 0 radical (unpaired) electrons. The Labute approximate surface area is 202 Å². The highest BCUT2D eigenvalue weighted by Gasteiger charge is 2.20. The number of ether oxygens (including phenoxy) is 1. The molecule has 5 rings (SSSR count). The number of hydrogen-bond donors (Lipinski definition) is 2. The third kappa shape index (κ3) is 5.03. The van der Waals surface area contributed by atoms with Gasteiger partial charge in [0.2, 0.25) is 5.91 Å². The van der Waals surface area contributed by atoms with Crippen LogP contribution in [0.25, 0.3) is 10.1 Å². The maximum absolute atomic E-state index is 11.6. The third-order valence-corrected chi connectivity index (χ3v) is 7.66. The van der Waals surface area contributed by atoms with Gasteiger partial charge in [-0.1, -0.05) is 12.1 Å². The topological polar surface area (TPSA) is 82.1 Å². The number of thiophene rings is 1. The highest BCUT2D eigenvalue weighted by molar-refractivity contribution is 7.20. The second kappa shape index (κ2) is 10.0. The Morgan fingerprint density at radius 3 is 2.74 bits per heavy atom. The number of carbonyl (C=O) groups excluding carboxylic acids is 1. The van der Waals surface area contributed by atoms with Gasteiger partial charge in [-0.05, 0) is 55.6 Å². The first kappa shape index (κ1) is 22.7. The third-order valence-electron chi connectivity index (χ3n) is 6.58. The minimum atomic E-state index is -0.862.